The molecule has 0 N–H and O–H groups in total. The van der Waals surface area contributed by atoms with Crippen molar-refractivity contribution >= 4 is 15.7 Å². The van der Waals surface area contributed by atoms with Gasteiger partial charge in [0.25, 0.3) is 0 Å². The molecule has 25 heavy (non-hydrogen) atoms. The molecule has 0 aliphatic carbocycles. The zero-order valence-corrected chi connectivity index (χ0v) is 15.6. The maximum absolute atomic E-state index is 12.4. The van der Waals surface area contributed by atoms with Gasteiger partial charge in [-0.2, -0.15) is 0 Å². The minimum atomic E-state index is -3.33. The van der Waals surface area contributed by atoms with E-state index < -0.39 is 9.84 Å². The third-order valence-corrected chi connectivity index (χ3v) is 7.13. The highest BCUT2D eigenvalue weighted by atomic mass is 32.2. The molecule has 2 aliphatic rings. The second-order valence-electron chi connectivity index (χ2n) is 7.09. The van der Waals surface area contributed by atoms with Crippen LogP contribution in [0.25, 0.3) is 0 Å². The summed E-state index contributed by atoms with van der Waals surface area (Å²) >= 11 is 0. The van der Waals surface area contributed by atoms with Crippen molar-refractivity contribution < 1.29 is 13.2 Å². The molecule has 1 aromatic rings. The van der Waals surface area contributed by atoms with Crippen LogP contribution >= 0.6 is 0 Å². The summed E-state index contributed by atoms with van der Waals surface area (Å²) in [6, 6.07) is 8.97. The summed E-state index contributed by atoms with van der Waals surface area (Å²) in [5, 5.41) is 0. The molecular weight excluding hydrogens is 336 g/mol. The number of piperidine rings is 1. The van der Waals surface area contributed by atoms with Gasteiger partial charge in [-0.05, 0) is 50.9 Å². The van der Waals surface area contributed by atoms with Crippen LogP contribution in [0, 0.1) is 0 Å². The van der Waals surface area contributed by atoms with E-state index in [0.717, 1.165) is 25.9 Å². The lowest BCUT2D eigenvalue weighted by molar-refractivity contribution is -0.130. The third kappa shape index (κ3) is 4.82. The largest absolute Gasteiger partial charge is 0.342 e. The number of nitrogens with zero attached hydrogens (tertiary/aromatic N) is 2. The maximum Gasteiger partial charge on any atom is 0.222 e. The second kappa shape index (κ2) is 8.32. The van der Waals surface area contributed by atoms with Gasteiger partial charge < -0.3 is 9.80 Å². The van der Waals surface area contributed by atoms with Crippen LogP contribution in [0.5, 0.6) is 0 Å². The average molecular weight is 365 g/mol. The predicted octanol–water partition coefficient (Wildman–Crippen LogP) is 2.33. The minimum absolute atomic E-state index is 0.00284. The minimum Gasteiger partial charge on any atom is -0.342 e. The molecule has 0 bridgehead atoms. The number of rotatable bonds is 5. The van der Waals surface area contributed by atoms with Crippen molar-refractivity contribution in [3.05, 3.63) is 30.3 Å². The van der Waals surface area contributed by atoms with Crippen molar-refractivity contribution in [1.82, 2.24) is 9.80 Å². The smallest absolute Gasteiger partial charge is 0.222 e. The SMILES string of the molecule is O=C1CCC(N2CCCCC2)CCN1CCS(=O)(=O)c1ccccc1. The van der Waals surface area contributed by atoms with Crippen molar-refractivity contribution in [3.63, 3.8) is 0 Å². The van der Waals surface area contributed by atoms with Crippen LogP contribution in [0.3, 0.4) is 0 Å². The van der Waals surface area contributed by atoms with Gasteiger partial charge in [0.05, 0.1) is 10.6 Å². The highest BCUT2D eigenvalue weighted by Gasteiger charge is 2.28. The van der Waals surface area contributed by atoms with Crippen molar-refractivity contribution in [1.29, 1.82) is 0 Å². The second-order valence-corrected chi connectivity index (χ2v) is 9.20. The first-order valence-electron chi connectivity index (χ1n) is 9.36. The van der Waals surface area contributed by atoms with Crippen molar-refractivity contribution in [2.75, 3.05) is 31.9 Å². The van der Waals surface area contributed by atoms with Crippen molar-refractivity contribution in [2.24, 2.45) is 0 Å². The molecule has 138 valence electrons. The van der Waals surface area contributed by atoms with Crippen LogP contribution in [0.1, 0.15) is 38.5 Å². The van der Waals surface area contributed by atoms with Gasteiger partial charge in [0.1, 0.15) is 0 Å². The topological polar surface area (TPSA) is 57.7 Å². The lowest BCUT2D eigenvalue weighted by Gasteiger charge is -2.34. The molecule has 1 atom stereocenters. The van der Waals surface area contributed by atoms with Gasteiger partial charge in [-0.3, -0.25) is 4.79 Å². The molecule has 0 radical (unpaired) electrons. The summed E-state index contributed by atoms with van der Waals surface area (Å²) < 4.78 is 24.9. The number of amides is 1. The van der Waals surface area contributed by atoms with Gasteiger partial charge >= 0.3 is 0 Å². The normalized spacial score (nSPS) is 23.4. The summed E-state index contributed by atoms with van der Waals surface area (Å²) in [6.45, 7) is 3.25. The Balaban J connectivity index is 1.56. The fourth-order valence-electron chi connectivity index (χ4n) is 3.88. The zero-order valence-electron chi connectivity index (χ0n) is 14.8. The Hall–Kier alpha value is -1.40. The Morgan fingerprint density at radius 2 is 1.68 bits per heavy atom. The molecule has 2 fully saturated rings. The number of benzene rings is 1. The van der Waals surface area contributed by atoms with Gasteiger partial charge in [0, 0.05) is 25.6 Å². The Labute approximate surface area is 150 Å². The number of carbonyl (C=O) groups excluding carboxylic acids is 1. The maximum atomic E-state index is 12.4. The van der Waals surface area contributed by atoms with E-state index in [9.17, 15) is 13.2 Å². The fraction of sp³-hybridized carbons (Fsp3) is 0.632. The number of likely N-dealkylation sites (tertiary alicyclic amines) is 2. The molecule has 6 heteroatoms. The molecule has 0 aromatic heterocycles. The first-order chi connectivity index (χ1) is 12.1. The van der Waals surface area contributed by atoms with E-state index in [4.69, 9.17) is 0 Å². The molecular formula is C19H28N2O3S. The van der Waals surface area contributed by atoms with E-state index in [0.29, 0.717) is 30.4 Å². The van der Waals surface area contributed by atoms with Crippen LogP contribution in [0.4, 0.5) is 0 Å². The van der Waals surface area contributed by atoms with E-state index in [1.54, 1.807) is 35.2 Å². The van der Waals surface area contributed by atoms with Gasteiger partial charge in [-0.1, -0.05) is 24.6 Å². The molecule has 1 unspecified atom stereocenters. The highest BCUT2D eigenvalue weighted by Crippen LogP contribution is 2.22. The quantitative estimate of drug-likeness (QED) is 0.805. The first-order valence-corrected chi connectivity index (χ1v) is 11.0. The van der Waals surface area contributed by atoms with E-state index >= 15 is 0 Å². The number of carbonyl (C=O) groups is 1. The van der Waals surface area contributed by atoms with Crippen LogP contribution in [0.2, 0.25) is 0 Å². The standard InChI is InChI=1S/C19H28N2O3S/c22-19-10-9-17(20-12-5-2-6-13-20)11-14-21(19)15-16-25(23,24)18-7-3-1-4-8-18/h1,3-4,7-8,17H,2,5-6,9-16H2. The van der Waals surface area contributed by atoms with Crippen molar-refractivity contribution in [3.8, 4) is 0 Å². The van der Waals surface area contributed by atoms with E-state index in [1.807, 2.05) is 0 Å². The molecule has 2 aliphatic heterocycles. The molecule has 3 rings (SSSR count). The lowest BCUT2D eigenvalue weighted by Crippen LogP contribution is -2.40. The number of sulfone groups is 1. The van der Waals surface area contributed by atoms with Crippen LogP contribution in [-0.4, -0.2) is 62.1 Å². The molecule has 2 saturated heterocycles. The molecule has 1 aromatic carbocycles. The highest BCUT2D eigenvalue weighted by molar-refractivity contribution is 7.91. The number of hydrogen-bond acceptors (Lipinski definition) is 4. The van der Waals surface area contributed by atoms with Crippen LogP contribution in [0.15, 0.2) is 35.2 Å². The summed E-state index contributed by atoms with van der Waals surface area (Å²) in [4.78, 5) is 17.0. The molecule has 2 heterocycles. The summed E-state index contributed by atoms with van der Waals surface area (Å²) in [7, 11) is -3.33. The number of hydrogen-bond donors (Lipinski definition) is 0. The molecule has 1 amide bonds. The fourth-order valence-corrected chi connectivity index (χ4v) is 5.15. The third-order valence-electron chi connectivity index (χ3n) is 5.42. The Kier molecular flexibility index (Phi) is 6.12. The van der Waals surface area contributed by atoms with Gasteiger partial charge in [0.2, 0.25) is 5.91 Å². The van der Waals surface area contributed by atoms with Gasteiger partial charge in [-0.25, -0.2) is 8.42 Å². The average Bonchev–Trinajstić information content (AvgIpc) is 2.83. The molecule has 0 saturated carbocycles. The Bertz CT molecular complexity index is 669. The summed E-state index contributed by atoms with van der Waals surface area (Å²) in [5.41, 5.74) is 0. The molecule has 5 nitrogen and oxygen atoms in total. The van der Waals surface area contributed by atoms with Crippen molar-refractivity contribution in [2.45, 2.75) is 49.5 Å². The summed E-state index contributed by atoms with van der Waals surface area (Å²) in [5.74, 6) is 0.0969. The lowest BCUT2D eigenvalue weighted by atomic mass is 10.0. The van der Waals surface area contributed by atoms with E-state index in [-0.39, 0.29) is 11.7 Å². The van der Waals surface area contributed by atoms with Gasteiger partial charge in [-0.15, -0.1) is 0 Å². The van der Waals surface area contributed by atoms with E-state index in [2.05, 4.69) is 4.90 Å². The Morgan fingerprint density at radius 1 is 0.960 bits per heavy atom. The Morgan fingerprint density at radius 3 is 2.40 bits per heavy atom. The molecule has 0 spiro atoms. The zero-order chi connectivity index (χ0) is 17.7. The van der Waals surface area contributed by atoms with Crippen LogP contribution in [-0.2, 0) is 14.6 Å². The monoisotopic (exact) mass is 364 g/mol. The van der Waals surface area contributed by atoms with E-state index in [1.165, 1.54) is 19.3 Å². The summed E-state index contributed by atoms with van der Waals surface area (Å²) in [6.07, 6.45) is 6.21. The van der Waals surface area contributed by atoms with Crippen LogP contribution < -0.4 is 0 Å². The first kappa shape index (κ1) is 18.4. The van der Waals surface area contributed by atoms with Gasteiger partial charge in [0.15, 0.2) is 9.84 Å². The predicted molar refractivity (Wildman–Crippen MR) is 98.1 cm³/mol.